The summed E-state index contributed by atoms with van der Waals surface area (Å²) < 4.78 is 5.23. The van der Waals surface area contributed by atoms with Crippen molar-refractivity contribution in [3.05, 3.63) is 65.1 Å². The SMILES string of the molecule is COc1ccc(/C=C2\SC(=Nc3ccccc3)N([C@H]3CCCC[C@H]3C)C2=O)cc1. The summed E-state index contributed by atoms with van der Waals surface area (Å²) in [5.74, 6) is 1.36. The van der Waals surface area contributed by atoms with E-state index in [1.165, 1.54) is 24.6 Å². The normalized spacial score (nSPS) is 25.0. The Hall–Kier alpha value is -2.53. The molecule has 4 nitrogen and oxygen atoms in total. The fourth-order valence-electron chi connectivity index (χ4n) is 4.00. The van der Waals surface area contributed by atoms with E-state index in [4.69, 9.17) is 9.73 Å². The lowest BCUT2D eigenvalue weighted by molar-refractivity contribution is -0.124. The molecule has 2 aromatic rings. The average molecular weight is 407 g/mol. The van der Waals surface area contributed by atoms with Crippen molar-refractivity contribution in [2.45, 2.75) is 38.6 Å². The summed E-state index contributed by atoms with van der Waals surface area (Å²) in [6.45, 7) is 2.26. The number of rotatable bonds is 4. The van der Waals surface area contributed by atoms with Crippen LogP contribution >= 0.6 is 11.8 Å². The molecule has 0 N–H and O–H groups in total. The number of amides is 1. The number of aliphatic imine (C=N–C) groups is 1. The average Bonchev–Trinajstić information content (AvgIpc) is 3.04. The number of benzene rings is 2. The molecule has 0 aromatic heterocycles. The minimum Gasteiger partial charge on any atom is -0.497 e. The third kappa shape index (κ3) is 4.40. The second-order valence-electron chi connectivity index (χ2n) is 7.62. The van der Waals surface area contributed by atoms with Gasteiger partial charge >= 0.3 is 0 Å². The zero-order valence-corrected chi connectivity index (χ0v) is 17.7. The Bertz CT molecular complexity index is 922. The number of thioether (sulfide) groups is 1. The van der Waals surface area contributed by atoms with Crippen LogP contribution in [0.25, 0.3) is 6.08 Å². The third-order valence-electron chi connectivity index (χ3n) is 5.63. The Labute approximate surface area is 176 Å². The van der Waals surface area contributed by atoms with Crippen molar-refractivity contribution in [1.29, 1.82) is 0 Å². The molecule has 1 saturated heterocycles. The molecular weight excluding hydrogens is 380 g/mol. The van der Waals surface area contributed by atoms with Crippen LogP contribution in [0.5, 0.6) is 5.75 Å². The van der Waals surface area contributed by atoms with Gasteiger partial charge < -0.3 is 4.74 Å². The van der Waals surface area contributed by atoms with Gasteiger partial charge in [0.15, 0.2) is 5.17 Å². The van der Waals surface area contributed by atoms with Crippen LogP contribution in [0, 0.1) is 5.92 Å². The van der Waals surface area contributed by atoms with Gasteiger partial charge in [0.05, 0.1) is 17.7 Å². The maximum absolute atomic E-state index is 13.4. The molecule has 150 valence electrons. The molecule has 1 aliphatic carbocycles. The maximum Gasteiger partial charge on any atom is 0.267 e. The van der Waals surface area contributed by atoms with Crippen LogP contribution in [0.2, 0.25) is 0 Å². The largest absolute Gasteiger partial charge is 0.497 e. The lowest BCUT2D eigenvalue weighted by Crippen LogP contribution is -2.44. The Kier molecular flexibility index (Phi) is 6.05. The van der Waals surface area contributed by atoms with Crippen molar-refractivity contribution in [3.8, 4) is 5.75 Å². The highest BCUT2D eigenvalue weighted by atomic mass is 32.2. The summed E-state index contributed by atoms with van der Waals surface area (Å²) >= 11 is 1.48. The zero-order chi connectivity index (χ0) is 20.2. The molecule has 2 aromatic carbocycles. The molecule has 2 fully saturated rings. The number of hydrogen-bond donors (Lipinski definition) is 0. The fraction of sp³-hybridized carbons (Fsp3) is 0.333. The number of nitrogens with zero attached hydrogens (tertiary/aromatic N) is 2. The van der Waals surface area contributed by atoms with E-state index in [0.29, 0.717) is 5.92 Å². The van der Waals surface area contributed by atoms with Crippen molar-refractivity contribution in [2.75, 3.05) is 7.11 Å². The van der Waals surface area contributed by atoms with Crippen LogP contribution < -0.4 is 4.74 Å². The molecule has 29 heavy (non-hydrogen) atoms. The molecule has 0 bridgehead atoms. The van der Waals surface area contributed by atoms with Crippen LogP contribution in [0.3, 0.4) is 0 Å². The lowest BCUT2D eigenvalue weighted by Gasteiger charge is -2.35. The maximum atomic E-state index is 13.4. The zero-order valence-electron chi connectivity index (χ0n) is 16.9. The van der Waals surface area contributed by atoms with Crippen molar-refractivity contribution in [3.63, 3.8) is 0 Å². The highest BCUT2D eigenvalue weighted by Crippen LogP contribution is 2.40. The molecule has 0 spiro atoms. The summed E-state index contributed by atoms with van der Waals surface area (Å²) in [7, 11) is 1.65. The molecular formula is C24H26N2O2S. The second-order valence-corrected chi connectivity index (χ2v) is 8.63. The first-order valence-electron chi connectivity index (χ1n) is 10.2. The molecule has 1 aliphatic heterocycles. The minimum absolute atomic E-state index is 0.0687. The Morgan fingerprint density at radius 3 is 2.48 bits per heavy atom. The highest BCUT2D eigenvalue weighted by Gasteiger charge is 2.41. The number of carbonyl (C=O) groups excluding carboxylic acids is 1. The predicted molar refractivity (Wildman–Crippen MR) is 120 cm³/mol. The van der Waals surface area contributed by atoms with Crippen LogP contribution in [0.4, 0.5) is 5.69 Å². The van der Waals surface area contributed by atoms with Gasteiger partial charge in [-0.25, -0.2) is 4.99 Å². The monoisotopic (exact) mass is 406 g/mol. The topological polar surface area (TPSA) is 41.9 Å². The molecule has 2 atom stereocenters. The van der Waals surface area contributed by atoms with E-state index >= 15 is 0 Å². The fourth-order valence-corrected chi connectivity index (χ4v) is 5.05. The molecule has 1 saturated carbocycles. The number of methoxy groups -OCH3 is 1. The molecule has 1 amide bonds. The van der Waals surface area contributed by atoms with Crippen molar-refractivity contribution < 1.29 is 9.53 Å². The van der Waals surface area contributed by atoms with Crippen molar-refractivity contribution >= 4 is 34.6 Å². The van der Waals surface area contributed by atoms with Crippen LogP contribution in [0.1, 0.15) is 38.2 Å². The molecule has 0 unspecified atom stereocenters. The lowest BCUT2D eigenvalue weighted by atomic mass is 9.85. The standard InChI is InChI=1S/C24H26N2O2S/c1-17-8-6-7-11-21(17)26-23(27)22(16-18-12-14-20(28-2)15-13-18)29-24(26)25-19-9-4-3-5-10-19/h3-5,9-10,12-17,21H,6-8,11H2,1-2H3/b22-16-,25-24?/t17-,21+/m1/s1. The van der Waals surface area contributed by atoms with E-state index in [1.54, 1.807) is 7.11 Å². The van der Waals surface area contributed by atoms with Gasteiger partial charge in [-0.15, -0.1) is 0 Å². The smallest absolute Gasteiger partial charge is 0.267 e. The summed E-state index contributed by atoms with van der Waals surface area (Å²) in [5.41, 5.74) is 1.86. The van der Waals surface area contributed by atoms with Gasteiger partial charge in [-0.3, -0.25) is 9.69 Å². The van der Waals surface area contributed by atoms with Gasteiger partial charge in [-0.05, 0) is 66.4 Å². The summed E-state index contributed by atoms with van der Waals surface area (Å²) in [5, 5.41) is 0.791. The molecule has 4 rings (SSSR count). The molecule has 5 heteroatoms. The third-order valence-corrected chi connectivity index (χ3v) is 6.61. The van der Waals surface area contributed by atoms with Gasteiger partial charge in [0.2, 0.25) is 0 Å². The van der Waals surface area contributed by atoms with Gasteiger partial charge in [0, 0.05) is 6.04 Å². The van der Waals surface area contributed by atoms with Gasteiger partial charge in [0.25, 0.3) is 5.91 Å². The number of hydrogen-bond acceptors (Lipinski definition) is 4. The van der Waals surface area contributed by atoms with Crippen LogP contribution in [-0.4, -0.2) is 29.1 Å². The summed E-state index contributed by atoms with van der Waals surface area (Å²) in [6, 6.07) is 17.9. The molecule has 1 heterocycles. The first-order valence-corrected chi connectivity index (χ1v) is 11.0. The number of para-hydroxylation sites is 1. The Balaban J connectivity index is 1.69. The van der Waals surface area contributed by atoms with E-state index in [-0.39, 0.29) is 11.9 Å². The Morgan fingerprint density at radius 1 is 1.07 bits per heavy atom. The predicted octanol–water partition coefficient (Wildman–Crippen LogP) is 5.88. The van der Waals surface area contributed by atoms with Crippen LogP contribution in [0.15, 0.2) is 64.5 Å². The summed E-state index contributed by atoms with van der Waals surface area (Å²) in [4.78, 5) is 20.9. The van der Waals surface area contributed by atoms with Crippen molar-refractivity contribution in [1.82, 2.24) is 4.90 Å². The summed E-state index contributed by atoms with van der Waals surface area (Å²) in [6.07, 6.45) is 6.57. The van der Waals surface area contributed by atoms with E-state index in [1.807, 2.05) is 65.6 Å². The molecule has 2 aliphatic rings. The quantitative estimate of drug-likeness (QED) is 0.596. The molecule has 0 radical (unpaired) electrons. The van der Waals surface area contributed by atoms with Gasteiger partial charge in [-0.2, -0.15) is 0 Å². The van der Waals surface area contributed by atoms with Crippen molar-refractivity contribution in [2.24, 2.45) is 10.9 Å². The van der Waals surface area contributed by atoms with E-state index < -0.39 is 0 Å². The minimum atomic E-state index is 0.0687. The van der Waals surface area contributed by atoms with Gasteiger partial charge in [0.1, 0.15) is 5.75 Å². The number of ether oxygens (including phenoxy) is 1. The number of amidine groups is 1. The van der Waals surface area contributed by atoms with Crippen LogP contribution in [-0.2, 0) is 4.79 Å². The first kappa shape index (κ1) is 19.8. The first-order chi connectivity index (χ1) is 14.2. The van der Waals surface area contributed by atoms with E-state index in [0.717, 1.165) is 39.9 Å². The number of carbonyl (C=O) groups is 1. The van der Waals surface area contributed by atoms with E-state index in [2.05, 4.69) is 6.92 Å². The van der Waals surface area contributed by atoms with E-state index in [9.17, 15) is 4.79 Å². The van der Waals surface area contributed by atoms with Gasteiger partial charge in [-0.1, -0.05) is 50.1 Å². The Morgan fingerprint density at radius 2 is 1.79 bits per heavy atom. The second kappa shape index (κ2) is 8.87. The highest BCUT2D eigenvalue weighted by molar-refractivity contribution is 8.18.